The molecule has 0 heterocycles. The van der Waals surface area contributed by atoms with Crippen molar-refractivity contribution in [2.45, 2.75) is 0 Å². The Morgan fingerprint density at radius 1 is 1.60 bits per heavy atom. The number of hydrogen-bond acceptors (Lipinski definition) is 4. The number of rotatable bonds is 4. The third kappa shape index (κ3) is 3.21. The van der Waals surface area contributed by atoms with Crippen LogP contribution in [-0.2, 0) is 4.79 Å². The molecule has 0 bridgehead atoms. The molecule has 0 aliphatic carbocycles. The summed E-state index contributed by atoms with van der Waals surface area (Å²) in [6, 6.07) is 3.92. The SMILES string of the molecule is O=C(O)COc1ccc([N+](=O)[O-])c(Br)c1. The van der Waals surface area contributed by atoms with Gasteiger partial charge < -0.3 is 9.84 Å². The largest absolute Gasteiger partial charge is 0.482 e. The van der Waals surface area contributed by atoms with Crippen molar-refractivity contribution >= 4 is 27.6 Å². The van der Waals surface area contributed by atoms with Crippen molar-refractivity contribution in [3.63, 3.8) is 0 Å². The lowest BCUT2D eigenvalue weighted by atomic mass is 10.3. The molecular weight excluding hydrogens is 270 g/mol. The van der Waals surface area contributed by atoms with Crippen molar-refractivity contribution in [2.75, 3.05) is 6.61 Å². The Bertz CT molecular complexity index is 406. The Kier molecular flexibility index (Phi) is 3.62. The van der Waals surface area contributed by atoms with Gasteiger partial charge in [0, 0.05) is 12.1 Å². The quantitative estimate of drug-likeness (QED) is 0.669. The topological polar surface area (TPSA) is 89.7 Å². The van der Waals surface area contributed by atoms with E-state index in [9.17, 15) is 14.9 Å². The molecule has 0 fully saturated rings. The zero-order chi connectivity index (χ0) is 11.4. The van der Waals surface area contributed by atoms with Crippen LogP contribution in [0.4, 0.5) is 5.69 Å². The molecule has 0 radical (unpaired) electrons. The second-order valence-electron chi connectivity index (χ2n) is 2.55. The Morgan fingerprint density at radius 2 is 2.27 bits per heavy atom. The maximum atomic E-state index is 10.4. The van der Waals surface area contributed by atoms with Crippen LogP contribution in [0.2, 0.25) is 0 Å². The summed E-state index contributed by atoms with van der Waals surface area (Å²) in [5.74, 6) is -0.848. The first kappa shape index (κ1) is 11.4. The summed E-state index contributed by atoms with van der Waals surface area (Å²) in [6.45, 7) is -0.482. The van der Waals surface area contributed by atoms with Crippen LogP contribution in [0.25, 0.3) is 0 Å². The lowest BCUT2D eigenvalue weighted by Gasteiger charge is -2.03. The van der Waals surface area contributed by atoms with Crippen molar-refractivity contribution in [1.29, 1.82) is 0 Å². The average Bonchev–Trinajstić information content (AvgIpc) is 2.14. The highest BCUT2D eigenvalue weighted by Crippen LogP contribution is 2.28. The van der Waals surface area contributed by atoms with E-state index >= 15 is 0 Å². The van der Waals surface area contributed by atoms with Crippen LogP contribution < -0.4 is 4.74 Å². The molecule has 0 amide bonds. The van der Waals surface area contributed by atoms with Crippen LogP contribution in [0.1, 0.15) is 0 Å². The molecule has 80 valence electrons. The highest BCUT2D eigenvalue weighted by Gasteiger charge is 2.12. The van der Waals surface area contributed by atoms with Gasteiger partial charge in [-0.25, -0.2) is 4.79 Å². The van der Waals surface area contributed by atoms with E-state index in [2.05, 4.69) is 15.9 Å². The van der Waals surface area contributed by atoms with Crippen molar-refractivity contribution in [2.24, 2.45) is 0 Å². The number of nitrogens with zero attached hydrogens (tertiary/aromatic N) is 1. The second kappa shape index (κ2) is 4.74. The van der Waals surface area contributed by atoms with Crippen LogP contribution >= 0.6 is 15.9 Å². The van der Waals surface area contributed by atoms with Gasteiger partial charge in [0.05, 0.1) is 9.40 Å². The predicted octanol–water partition coefficient (Wildman–Crippen LogP) is 1.82. The minimum atomic E-state index is -1.11. The van der Waals surface area contributed by atoms with E-state index in [4.69, 9.17) is 9.84 Å². The third-order valence-corrected chi connectivity index (χ3v) is 2.11. The van der Waals surface area contributed by atoms with Gasteiger partial charge in [-0.05, 0) is 22.0 Å². The Hall–Kier alpha value is -1.63. The van der Waals surface area contributed by atoms with Gasteiger partial charge in [-0.3, -0.25) is 10.1 Å². The molecule has 15 heavy (non-hydrogen) atoms. The second-order valence-corrected chi connectivity index (χ2v) is 3.41. The van der Waals surface area contributed by atoms with E-state index in [0.29, 0.717) is 0 Å². The first-order valence-corrected chi connectivity index (χ1v) is 4.58. The van der Waals surface area contributed by atoms with Gasteiger partial charge >= 0.3 is 5.97 Å². The van der Waals surface area contributed by atoms with Gasteiger partial charge in [0.25, 0.3) is 5.69 Å². The molecule has 0 unspecified atom stereocenters. The summed E-state index contributed by atoms with van der Waals surface area (Å²) in [5, 5.41) is 18.8. The molecule has 6 nitrogen and oxygen atoms in total. The van der Waals surface area contributed by atoms with Crippen LogP contribution in [0.3, 0.4) is 0 Å². The van der Waals surface area contributed by atoms with Gasteiger partial charge in [-0.1, -0.05) is 0 Å². The van der Waals surface area contributed by atoms with Crippen molar-refractivity contribution in [3.8, 4) is 5.75 Å². The number of carbonyl (C=O) groups is 1. The number of carboxylic acid groups (broad SMARTS) is 1. The summed E-state index contributed by atoms with van der Waals surface area (Å²) >= 11 is 2.99. The first-order valence-electron chi connectivity index (χ1n) is 3.79. The zero-order valence-electron chi connectivity index (χ0n) is 7.34. The van der Waals surface area contributed by atoms with Crippen LogP contribution in [0, 0.1) is 10.1 Å². The molecule has 0 aliphatic heterocycles. The summed E-state index contributed by atoms with van der Waals surface area (Å²) in [5.41, 5.74) is -0.0994. The highest BCUT2D eigenvalue weighted by molar-refractivity contribution is 9.10. The number of halogens is 1. The number of aliphatic carboxylic acids is 1. The monoisotopic (exact) mass is 275 g/mol. The smallest absolute Gasteiger partial charge is 0.341 e. The van der Waals surface area contributed by atoms with Crippen LogP contribution in [-0.4, -0.2) is 22.6 Å². The third-order valence-electron chi connectivity index (χ3n) is 1.48. The number of nitro groups is 1. The number of benzene rings is 1. The summed E-state index contributed by atoms with van der Waals surface area (Å²) in [6.07, 6.45) is 0. The Labute approximate surface area is 92.8 Å². The minimum absolute atomic E-state index is 0.0994. The molecule has 1 aromatic rings. The van der Waals surface area contributed by atoms with Crippen LogP contribution in [0.15, 0.2) is 22.7 Å². The fourth-order valence-electron chi connectivity index (χ4n) is 0.871. The van der Waals surface area contributed by atoms with Gasteiger partial charge in [-0.15, -0.1) is 0 Å². The fraction of sp³-hybridized carbons (Fsp3) is 0.125. The van der Waals surface area contributed by atoms with Crippen molar-refractivity contribution in [1.82, 2.24) is 0 Å². The number of carboxylic acids is 1. The summed E-state index contributed by atoms with van der Waals surface area (Å²) in [7, 11) is 0. The van der Waals surface area contributed by atoms with Gasteiger partial charge in [0.15, 0.2) is 6.61 Å². The van der Waals surface area contributed by atoms with E-state index < -0.39 is 17.5 Å². The molecule has 1 rings (SSSR count). The minimum Gasteiger partial charge on any atom is -0.482 e. The number of ether oxygens (including phenoxy) is 1. The molecule has 0 aromatic heterocycles. The molecule has 0 saturated heterocycles. The predicted molar refractivity (Wildman–Crippen MR) is 53.9 cm³/mol. The highest BCUT2D eigenvalue weighted by atomic mass is 79.9. The molecule has 1 N–H and O–H groups in total. The standard InChI is InChI=1S/C8H6BrNO5/c9-6-3-5(15-4-8(11)12)1-2-7(6)10(13)14/h1-3H,4H2,(H,11,12). The molecule has 1 aromatic carbocycles. The first-order chi connectivity index (χ1) is 7.00. The molecule has 0 aliphatic rings. The van der Waals surface area contributed by atoms with Gasteiger partial charge in [0.2, 0.25) is 0 Å². The molecular formula is C8H6BrNO5. The maximum absolute atomic E-state index is 10.4. The Balaban J connectivity index is 2.82. The van der Waals surface area contributed by atoms with E-state index in [0.717, 1.165) is 0 Å². The fourth-order valence-corrected chi connectivity index (χ4v) is 1.37. The molecule has 0 spiro atoms. The summed E-state index contributed by atoms with van der Waals surface area (Å²) in [4.78, 5) is 20.1. The summed E-state index contributed by atoms with van der Waals surface area (Å²) < 4.78 is 5.08. The van der Waals surface area contributed by atoms with Crippen LogP contribution in [0.5, 0.6) is 5.75 Å². The van der Waals surface area contributed by atoms with E-state index in [1.807, 2.05) is 0 Å². The van der Waals surface area contributed by atoms with Gasteiger partial charge in [0.1, 0.15) is 5.75 Å². The maximum Gasteiger partial charge on any atom is 0.341 e. The normalized spacial score (nSPS) is 9.67. The lowest BCUT2D eigenvalue weighted by molar-refractivity contribution is -0.385. The van der Waals surface area contributed by atoms with E-state index in [1.54, 1.807) is 0 Å². The zero-order valence-corrected chi connectivity index (χ0v) is 8.93. The van der Waals surface area contributed by atoms with Crippen molar-refractivity contribution < 1.29 is 19.6 Å². The number of hydrogen-bond donors (Lipinski definition) is 1. The Morgan fingerprint density at radius 3 is 2.73 bits per heavy atom. The molecule has 0 saturated carbocycles. The van der Waals surface area contributed by atoms with E-state index in [-0.39, 0.29) is 15.9 Å². The lowest BCUT2D eigenvalue weighted by Crippen LogP contribution is -2.09. The van der Waals surface area contributed by atoms with E-state index in [1.165, 1.54) is 18.2 Å². The average molecular weight is 276 g/mol. The molecule has 7 heteroatoms. The van der Waals surface area contributed by atoms with Gasteiger partial charge in [-0.2, -0.15) is 0 Å². The molecule has 0 atom stereocenters. The van der Waals surface area contributed by atoms with Crippen molar-refractivity contribution in [3.05, 3.63) is 32.8 Å². The number of nitro benzene ring substituents is 1.